The van der Waals surface area contributed by atoms with Crippen LogP contribution in [0.2, 0.25) is 0 Å². The molecule has 0 fully saturated rings. The summed E-state index contributed by atoms with van der Waals surface area (Å²) in [4.78, 5) is 4.51. The maximum absolute atomic E-state index is 13.2. The second-order valence-electron chi connectivity index (χ2n) is 4.40. The van der Waals surface area contributed by atoms with Crippen molar-refractivity contribution in [3.63, 3.8) is 0 Å². The fraction of sp³-hybridized carbons (Fsp3) is 0.0625. The van der Waals surface area contributed by atoms with E-state index in [1.165, 1.54) is 17.7 Å². The van der Waals surface area contributed by atoms with Crippen LogP contribution in [-0.2, 0) is 0 Å². The monoisotopic (exact) mass is 237 g/mol. The van der Waals surface area contributed by atoms with Gasteiger partial charge in [0.2, 0.25) is 0 Å². The summed E-state index contributed by atoms with van der Waals surface area (Å²) in [6, 6.07) is 16.7. The lowest BCUT2D eigenvalue weighted by atomic mass is 10.1. The Morgan fingerprint density at radius 2 is 1.78 bits per heavy atom. The number of hydrogen-bond donors (Lipinski definition) is 0. The van der Waals surface area contributed by atoms with E-state index in [9.17, 15) is 4.39 Å². The van der Waals surface area contributed by atoms with Gasteiger partial charge in [-0.25, -0.2) is 9.37 Å². The molecule has 3 rings (SSSR count). The average molecular weight is 237 g/mol. The number of aryl methyl sites for hydroxylation is 1. The molecule has 0 amide bonds. The van der Waals surface area contributed by atoms with Crippen LogP contribution in [0.25, 0.3) is 22.2 Å². The maximum Gasteiger partial charge on any atom is 0.125 e. The van der Waals surface area contributed by atoms with Crippen molar-refractivity contribution in [2.45, 2.75) is 6.92 Å². The van der Waals surface area contributed by atoms with E-state index < -0.39 is 0 Å². The average Bonchev–Trinajstić information content (AvgIpc) is 2.38. The SMILES string of the molecule is Cc1cccc(-c2ccc3ccc(F)cc3n2)c1. The molecule has 1 heterocycles. The highest BCUT2D eigenvalue weighted by molar-refractivity contribution is 5.81. The molecule has 1 aromatic heterocycles. The highest BCUT2D eigenvalue weighted by Crippen LogP contribution is 2.22. The molecular formula is C16H12FN. The van der Waals surface area contributed by atoms with E-state index in [-0.39, 0.29) is 5.82 Å². The van der Waals surface area contributed by atoms with Gasteiger partial charge in [0.1, 0.15) is 5.82 Å². The van der Waals surface area contributed by atoms with Gasteiger partial charge in [0.15, 0.2) is 0 Å². The summed E-state index contributed by atoms with van der Waals surface area (Å²) < 4.78 is 13.2. The molecule has 1 nitrogen and oxygen atoms in total. The van der Waals surface area contributed by atoms with E-state index in [1.54, 1.807) is 6.07 Å². The molecule has 0 radical (unpaired) electrons. The minimum atomic E-state index is -0.253. The van der Waals surface area contributed by atoms with Crippen molar-refractivity contribution < 1.29 is 4.39 Å². The molecule has 0 atom stereocenters. The number of rotatable bonds is 1. The van der Waals surface area contributed by atoms with Crippen molar-refractivity contribution in [3.8, 4) is 11.3 Å². The molecule has 0 spiro atoms. The topological polar surface area (TPSA) is 12.9 Å². The first-order valence-corrected chi connectivity index (χ1v) is 5.86. The zero-order valence-electron chi connectivity index (χ0n) is 10.0. The molecule has 3 aromatic rings. The summed E-state index contributed by atoms with van der Waals surface area (Å²) in [6.07, 6.45) is 0. The predicted molar refractivity (Wildman–Crippen MR) is 71.9 cm³/mol. The second kappa shape index (κ2) is 4.22. The first kappa shape index (κ1) is 10.9. The van der Waals surface area contributed by atoms with E-state index >= 15 is 0 Å². The molecule has 0 aliphatic carbocycles. The van der Waals surface area contributed by atoms with Gasteiger partial charge in [-0.15, -0.1) is 0 Å². The van der Waals surface area contributed by atoms with Crippen molar-refractivity contribution >= 4 is 10.9 Å². The van der Waals surface area contributed by atoms with Crippen LogP contribution in [0.5, 0.6) is 0 Å². The number of fused-ring (bicyclic) bond motifs is 1. The number of pyridine rings is 1. The minimum Gasteiger partial charge on any atom is -0.248 e. The standard InChI is InChI=1S/C16H12FN/c1-11-3-2-4-13(9-11)15-8-6-12-5-7-14(17)10-16(12)18-15/h2-10H,1H3. The van der Waals surface area contributed by atoms with Gasteiger partial charge in [0.05, 0.1) is 11.2 Å². The Morgan fingerprint density at radius 3 is 2.61 bits per heavy atom. The number of hydrogen-bond acceptors (Lipinski definition) is 1. The van der Waals surface area contributed by atoms with E-state index in [2.05, 4.69) is 11.1 Å². The van der Waals surface area contributed by atoms with Gasteiger partial charge in [-0.2, -0.15) is 0 Å². The first-order valence-electron chi connectivity index (χ1n) is 5.86. The summed E-state index contributed by atoms with van der Waals surface area (Å²) >= 11 is 0. The Balaban J connectivity index is 2.18. The van der Waals surface area contributed by atoms with Gasteiger partial charge in [-0.1, -0.05) is 29.8 Å². The molecule has 2 aromatic carbocycles. The smallest absolute Gasteiger partial charge is 0.125 e. The van der Waals surface area contributed by atoms with Crippen LogP contribution < -0.4 is 0 Å². The van der Waals surface area contributed by atoms with Crippen LogP contribution in [0.3, 0.4) is 0 Å². The lowest BCUT2D eigenvalue weighted by molar-refractivity contribution is 0.629. The Bertz CT molecular complexity index is 719. The highest BCUT2D eigenvalue weighted by Gasteiger charge is 2.02. The molecular weight excluding hydrogens is 225 g/mol. The van der Waals surface area contributed by atoms with Crippen LogP contribution in [0.4, 0.5) is 4.39 Å². The van der Waals surface area contributed by atoms with Gasteiger partial charge >= 0.3 is 0 Å². The minimum absolute atomic E-state index is 0.253. The molecule has 88 valence electrons. The third-order valence-corrected chi connectivity index (χ3v) is 2.97. The predicted octanol–water partition coefficient (Wildman–Crippen LogP) is 4.35. The highest BCUT2D eigenvalue weighted by atomic mass is 19.1. The molecule has 0 saturated heterocycles. The molecule has 0 bridgehead atoms. The fourth-order valence-corrected chi connectivity index (χ4v) is 2.06. The van der Waals surface area contributed by atoms with Gasteiger partial charge in [-0.05, 0) is 31.2 Å². The van der Waals surface area contributed by atoms with Gasteiger partial charge < -0.3 is 0 Å². The second-order valence-corrected chi connectivity index (χ2v) is 4.40. The quantitative estimate of drug-likeness (QED) is 0.613. The van der Waals surface area contributed by atoms with Crippen molar-refractivity contribution in [3.05, 3.63) is 66.0 Å². The van der Waals surface area contributed by atoms with Crippen molar-refractivity contribution in [2.75, 3.05) is 0 Å². The third kappa shape index (κ3) is 1.97. The molecule has 0 aliphatic heterocycles. The molecule has 0 unspecified atom stereocenters. The van der Waals surface area contributed by atoms with Gasteiger partial charge in [0.25, 0.3) is 0 Å². The summed E-state index contributed by atoms with van der Waals surface area (Å²) in [5.74, 6) is -0.253. The number of aromatic nitrogens is 1. The Kier molecular flexibility index (Phi) is 2.56. The third-order valence-electron chi connectivity index (χ3n) is 2.97. The summed E-state index contributed by atoms with van der Waals surface area (Å²) in [5, 5.41) is 0.952. The van der Waals surface area contributed by atoms with Crippen LogP contribution in [0.1, 0.15) is 5.56 Å². The van der Waals surface area contributed by atoms with Crippen molar-refractivity contribution in [2.24, 2.45) is 0 Å². The van der Waals surface area contributed by atoms with E-state index in [4.69, 9.17) is 0 Å². The van der Waals surface area contributed by atoms with Crippen LogP contribution in [-0.4, -0.2) is 4.98 Å². The zero-order chi connectivity index (χ0) is 12.5. The van der Waals surface area contributed by atoms with Crippen molar-refractivity contribution in [1.29, 1.82) is 0 Å². The lowest BCUT2D eigenvalue weighted by Crippen LogP contribution is -1.86. The largest absolute Gasteiger partial charge is 0.248 e. The Labute approximate surface area is 105 Å². The lowest BCUT2D eigenvalue weighted by Gasteiger charge is -2.04. The molecule has 0 N–H and O–H groups in total. The number of nitrogens with zero attached hydrogens (tertiary/aromatic N) is 1. The van der Waals surface area contributed by atoms with Crippen LogP contribution >= 0.6 is 0 Å². The summed E-state index contributed by atoms with van der Waals surface area (Å²) in [6.45, 7) is 2.05. The van der Waals surface area contributed by atoms with E-state index in [1.807, 2.05) is 37.3 Å². The summed E-state index contributed by atoms with van der Waals surface area (Å²) in [7, 11) is 0. The van der Waals surface area contributed by atoms with Crippen LogP contribution in [0.15, 0.2) is 54.6 Å². The number of benzene rings is 2. The van der Waals surface area contributed by atoms with Crippen LogP contribution in [0, 0.1) is 12.7 Å². The number of halogens is 1. The molecule has 2 heteroatoms. The Morgan fingerprint density at radius 1 is 0.944 bits per heavy atom. The summed E-state index contributed by atoms with van der Waals surface area (Å²) in [5.41, 5.74) is 3.81. The molecule has 0 aliphatic rings. The fourth-order valence-electron chi connectivity index (χ4n) is 2.06. The van der Waals surface area contributed by atoms with Gasteiger partial charge in [-0.3, -0.25) is 0 Å². The molecule has 0 saturated carbocycles. The molecule has 18 heavy (non-hydrogen) atoms. The zero-order valence-corrected chi connectivity index (χ0v) is 10.0. The van der Waals surface area contributed by atoms with E-state index in [0.29, 0.717) is 5.52 Å². The Hall–Kier alpha value is -2.22. The van der Waals surface area contributed by atoms with E-state index in [0.717, 1.165) is 16.6 Å². The normalized spacial score (nSPS) is 10.8. The first-order chi connectivity index (χ1) is 8.72. The van der Waals surface area contributed by atoms with Gasteiger partial charge in [0, 0.05) is 17.0 Å². The van der Waals surface area contributed by atoms with Crippen molar-refractivity contribution in [1.82, 2.24) is 4.98 Å². The maximum atomic E-state index is 13.2.